The van der Waals surface area contributed by atoms with Crippen LogP contribution in [0.25, 0.3) is 0 Å². The first-order valence-corrected chi connectivity index (χ1v) is 8.93. The Morgan fingerprint density at radius 2 is 1.79 bits per heavy atom. The highest BCUT2D eigenvalue weighted by atomic mass is 35.5. The molecule has 1 aromatic rings. The maximum atomic E-state index is 12.6. The zero-order valence-corrected chi connectivity index (χ0v) is 16.1. The Labute approximate surface area is 152 Å². The molecule has 2 atom stereocenters. The molecule has 1 spiro atoms. The van der Waals surface area contributed by atoms with Crippen molar-refractivity contribution in [3.05, 3.63) is 35.4 Å². The first-order chi connectivity index (χ1) is 10.8. The molecule has 1 saturated heterocycles. The van der Waals surface area contributed by atoms with Gasteiger partial charge >= 0.3 is 0 Å². The lowest BCUT2D eigenvalue weighted by molar-refractivity contribution is -0.123. The van der Waals surface area contributed by atoms with Crippen LogP contribution < -0.4 is 10.6 Å². The highest BCUT2D eigenvalue weighted by Gasteiger charge is 2.57. The van der Waals surface area contributed by atoms with Crippen molar-refractivity contribution in [1.82, 2.24) is 10.6 Å². The van der Waals surface area contributed by atoms with Gasteiger partial charge in [0.1, 0.15) is 0 Å². The van der Waals surface area contributed by atoms with Crippen LogP contribution in [0.4, 0.5) is 0 Å². The topological polar surface area (TPSA) is 41.1 Å². The molecule has 0 aromatic heterocycles. The minimum Gasteiger partial charge on any atom is -0.349 e. The molecule has 24 heavy (non-hydrogen) atoms. The lowest BCUT2D eigenvalue weighted by atomic mass is 9.86. The normalized spacial score (nSPS) is 23.2. The van der Waals surface area contributed by atoms with E-state index in [9.17, 15) is 4.79 Å². The van der Waals surface area contributed by atoms with Gasteiger partial charge in [-0.05, 0) is 61.2 Å². The molecule has 0 bridgehead atoms. The summed E-state index contributed by atoms with van der Waals surface area (Å²) in [5.41, 5.74) is 2.99. The van der Waals surface area contributed by atoms with Gasteiger partial charge in [0, 0.05) is 5.92 Å². The SMILES string of the molecule is CC(NC(=O)C1CC12CCNCC2)c1ccc(C(C)(C)C)cc1.Cl. The van der Waals surface area contributed by atoms with Gasteiger partial charge < -0.3 is 10.6 Å². The third kappa shape index (κ3) is 3.94. The van der Waals surface area contributed by atoms with Crippen LogP contribution in [0.5, 0.6) is 0 Å². The fourth-order valence-electron chi connectivity index (χ4n) is 3.86. The van der Waals surface area contributed by atoms with Gasteiger partial charge in [0.25, 0.3) is 0 Å². The molecular formula is C20H31ClN2O. The number of piperidine rings is 1. The van der Waals surface area contributed by atoms with Crippen molar-refractivity contribution in [2.45, 2.75) is 58.4 Å². The summed E-state index contributed by atoms with van der Waals surface area (Å²) in [6.45, 7) is 10.9. The molecule has 1 aromatic carbocycles. The summed E-state index contributed by atoms with van der Waals surface area (Å²) in [5, 5.41) is 6.62. The number of amides is 1. The number of hydrogen-bond donors (Lipinski definition) is 2. The number of benzene rings is 1. The average Bonchev–Trinajstić information content (AvgIpc) is 3.20. The maximum absolute atomic E-state index is 12.6. The number of halogens is 1. The number of carbonyl (C=O) groups excluding carboxylic acids is 1. The van der Waals surface area contributed by atoms with Crippen molar-refractivity contribution in [3.8, 4) is 0 Å². The zero-order valence-electron chi connectivity index (χ0n) is 15.3. The van der Waals surface area contributed by atoms with Gasteiger partial charge in [0.2, 0.25) is 5.91 Å². The van der Waals surface area contributed by atoms with Crippen LogP contribution in [-0.2, 0) is 10.2 Å². The number of hydrogen-bond acceptors (Lipinski definition) is 2. The van der Waals surface area contributed by atoms with E-state index in [-0.39, 0.29) is 35.7 Å². The average molecular weight is 351 g/mol. The smallest absolute Gasteiger partial charge is 0.224 e. The first-order valence-electron chi connectivity index (χ1n) is 8.93. The van der Waals surface area contributed by atoms with E-state index in [0.717, 1.165) is 32.4 Å². The molecule has 2 unspecified atom stereocenters. The van der Waals surface area contributed by atoms with Crippen LogP contribution in [0.1, 0.15) is 64.1 Å². The predicted octanol–water partition coefficient (Wildman–Crippen LogP) is 3.97. The van der Waals surface area contributed by atoms with Crippen LogP contribution >= 0.6 is 12.4 Å². The van der Waals surface area contributed by atoms with E-state index in [1.54, 1.807) is 0 Å². The summed E-state index contributed by atoms with van der Waals surface area (Å²) in [5.74, 6) is 0.486. The van der Waals surface area contributed by atoms with E-state index in [1.165, 1.54) is 11.1 Å². The monoisotopic (exact) mass is 350 g/mol. The molecule has 1 heterocycles. The van der Waals surface area contributed by atoms with E-state index >= 15 is 0 Å². The standard InChI is InChI=1S/C20H30N2O.ClH/c1-14(15-5-7-16(8-6-15)19(2,3)4)22-18(23)17-13-20(17)9-11-21-12-10-20;/h5-8,14,17,21H,9-13H2,1-4H3,(H,22,23);1H. The molecule has 2 N–H and O–H groups in total. The van der Waals surface area contributed by atoms with Crippen LogP contribution in [0, 0.1) is 11.3 Å². The Balaban J connectivity index is 0.00000208. The van der Waals surface area contributed by atoms with E-state index in [4.69, 9.17) is 0 Å². The summed E-state index contributed by atoms with van der Waals surface area (Å²) in [4.78, 5) is 12.6. The molecule has 1 aliphatic carbocycles. The molecule has 2 fully saturated rings. The molecule has 4 heteroatoms. The third-order valence-corrected chi connectivity index (χ3v) is 5.74. The fraction of sp³-hybridized carbons (Fsp3) is 0.650. The Morgan fingerprint density at radius 1 is 1.21 bits per heavy atom. The maximum Gasteiger partial charge on any atom is 0.224 e. The van der Waals surface area contributed by atoms with Gasteiger partial charge in [0.15, 0.2) is 0 Å². The molecule has 1 aliphatic heterocycles. The lowest BCUT2D eigenvalue weighted by Gasteiger charge is -2.24. The summed E-state index contributed by atoms with van der Waals surface area (Å²) in [6, 6.07) is 8.75. The number of nitrogens with one attached hydrogen (secondary N) is 2. The number of rotatable bonds is 3. The van der Waals surface area contributed by atoms with Crippen LogP contribution in [0.2, 0.25) is 0 Å². The Hall–Kier alpha value is -1.06. The van der Waals surface area contributed by atoms with E-state index in [2.05, 4.69) is 62.6 Å². The van der Waals surface area contributed by atoms with E-state index < -0.39 is 0 Å². The van der Waals surface area contributed by atoms with Gasteiger partial charge in [-0.1, -0.05) is 45.0 Å². The van der Waals surface area contributed by atoms with Crippen molar-refractivity contribution in [1.29, 1.82) is 0 Å². The van der Waals surface area contributed by atoms with Gasteiger partial charge in [-0.25, -0.2) is 0 Å². The lowest BCUT2D eigenvalue weighted by Crippen LogP contribution is -2.34. The van der Waals surface area contributed by atoms with Crippen molar-refractivity contribution < 1.29 is 4.79 Å². The molecule has 2 aliphatic rings. The van der Waals surface area contributed by atoms with Crippen molar-refractivity contribution >= 4 is 18.3 Å². The fourth-order valence-corrected chi connectivity index (χ4v) is 3.86. The Kier molecular flexibility index (Phi) is 5.66. The highest BCUT2D eigenvalue weighted by Crippen LogP contribution is 2.58. The first kappa shape index (κ1) is 19.3. The molecule has 3 nitrogen and oxygen atoms in total. The largest absolute Gasteiger partial charge is 0.349 e. The molecule has 1 saturated carbocycles. The second-order valence-corrected chi connectivity index (χ2v) is 8.47. The molecule has 134 valence electrons. The second kappa shape index (κ2) is 7.05. The minimum atomic E-state index is 0. The van der Waals surface area contributed by atoms with Gasteiger partial charge in [-0.2, -0.15) is 0 Å². The Bertz CT molecular complexity index is 570. The van der Waals surface area contributed by atoms with Crippen LogP contribution in [0.3, 0.4) is 0 Å². The van der Waals surface area contributed by atoms with Crippen molar-refractivity contribution in [2.24, 2.45) is 11.3 Å². The van der Waals surface area contributed by atoms with E-state index in [0.29, 0.717) is 5.41 Å². The summed E-state index contributed by atoms with van der Waals surface area (Å²) >= 11 is 0. The zero-order chi connectivity index (χ0) is 16.7. The molecule has 1 amide bonds. The predicted molar refractivity (Wildman–Crippen MR) is 102 cm³/mol. The second-order valence-electron chi connectivity index (χ2n) is 8.47. The minimum absolute atomic E-state index is 0. The van der Waals surface area contributed by atoms with E-state index in [1.807, 2.05) is 0 Å². The van der Waals surface area contributed by atoms with Crippen molar-refractivity contribution in [3.63, 3.8) is 0 Å². The van der Waals surface area contributed by atoms with Crippen LogP contribution in [-0.4, -0.2) is 19.0 Å². The summed E-state index contributed by atoms with van der Waals surface area (Å²) in [7, 11) is 0. The van der Waals surface area contributed by atoms with Crippen molar-refractivity contribution in [2.75, 3.05) is 13.1 Å². The summed E-state index contributed by atoms with van der Waals surface area (Å²) < 4.78 is 0. The van der Waals surface area contributed by atoms with Gasteiger partial charge in [-0.15, -0.1) is 12.4 Å². The molecular weight excluding hydrogens is 320 g/mol. The molecule has 3 rings (SSSR count). The highest BCUT2D eigenvalue weighted by molar-refractivity contribution is 5.85. The van der Waals surface area contributed by atoms with Gasteiger partial charge in [-0.3, -0.25) is 4.79 Å². The summed E-state index contributed by atoms with van der Waals surface area (Å²) in [6.07, 6.45) is 3.38. The third-order valence-electron chi connectivity index (χ3n) is 5.74. The number of carbonyl (C=O) groups is 1. The quantitative estimate of drug-likeness (QED) is 0.865. The Morgan fingerprint density at radius 3 is 2.33 bits per heavy atom. The van der Waals surface area contributed by atoms with Gasteiger partial charge in [0.05, 0.1) is 6.04 Å². The van der Waals surface area contributed by atoms with Crippen LogP contribution in [0.15, 0.2) is 24.3 Å². The molecule has 0 radical (unpaired) electrons.